The molecular formula is C29H22FN3O6S2. The van der Waals surface area contributed by atoms with Crippen molar-refractivity contribution < 1.29 is 28.2 Å². The van der Waals surface area contributed by atoms with Crippen molar-refractivity contribution in [2.75, 3.05) is 23.9 Å². The number of para-hydroxylation sites is 1. The standard InChI is InChI=1S/C29H22FN3O6S2/c1-38-18-12-10-17(11-13-18)33-27(35)23-22(24-26(32-29(37)41-24)40-25(23)28(33)36)19-4-2-3-5-20(19)39-14-21(34)31-16-8-6-15(30)7-9-16/h2-13,22-23,25H,14H2,1H3,(H,31,34)(H,32,37)/t22-,23?,25?/m1/s1. The molecule has 3 atom stereocenters. The molecule has 3 aromatic carbocycles. The normalized spacial score (nSPS) is 19.5. The van der Waals surface area contributed by atoms with Crippen LogP contribution in [0.1, 0.15) is 16.4 Å². The van der Waals surface area contributed by atoms with E-state index in [1.807, 2.05) is 0 Å². The highest BCUT2D eigenvalue weighted by molar-refractivity contribution is 8.00. The number of aromatic nitrogens is 1. The minimum absolute atomic E-state index is 0.295. The summed E-state index contributed by atoms with van der Waals surface area (Å²) in [5.74, 6) is -2.21. The number of hydrogen-bond donors (Lipinski definition) is 2. The molecule has 12 heteroatoms. The van der Waals surface area contributed by atoms with Gasteiger partial charge in [0.15, 0.2) is 6.61 Å². The number of aromatic amines is 1. The molecule has 4 aromatic rings. The molecule has 0 aliphatic carbocycles. The summed E-state index contributed by atoms with van der Waals surface area (Å²) < 4.78 is 24.3. The van der Waals surface area contributed by atoms with Gasteiger partial charge in [0, 0.05) is 22.0 Å². The maximum absolute atomic E-state index is 14.0. The summed E-state index contributed by atoms with van der Waals surface area (Å²) in [6.07, 6.45) is 0. The SMILES string of the molecule is COc1ccc(N2C(=O)C3Sc4[nH]c(=O)sc4[C@H](c4ccccc4OCC(=O)Nc4ccc(F)cc4)C3C2=O)cc1. The summed E-state index contributed by atoms with van der Waals surface area (Å²) in [5.41, 5.74) is 1.41. The number of halogens is 1. The molecule has 2 aliphatic rings. The summed E-state index contributed by atoms with van der Waals surface area (Å²) in [7, 11) is 1.53. The molecule has 0 bridgehead atoms. The number of imide groups is 1. The van der Waals surface area contributed by atoms with Gasteiger partial charge < -0.3 is 19.8 Å². The highest BCUT2D eigenvalue weighted by atomic mass is 32.2. The molecule has 2 aliphatic heterocycles. The first-order valence-electron chi connectivity index (χ1n) is 12.5. The number of amides is 3. The van der Waals surface area contributed by atoms with Crippen LogP contribution in [0, 0.1) is 11.7 Å². The lowest BCUT2D eigenvalue weighted by molar-refractivity contribution is -0.122. The zero-order valence-corrected chi connectivity index (χ0v) is 23.1. The largest absolute Gasteiger partial charge is 0.497 e. The van der Waals surface area contributed by atoms with Gasteiger partial charge >= 0.3 is 4.87 Å². The van der Waals surface area contributed by atoms with Crippen molar-refractivity contribution in [2.24, 2.45) is 5.92 Å². The molecule has 0 saturated carbocycles. The van der Waals surface area contributed by atoms with Gasteiger partial charge in [-0.05, 0) is 54.6 Å². The molecule has 6 rings (SSSR count). The van der Waals surface area contributed by atoms with Crippen molar-refractivity contribution in [1.82, 2.24) is 4.98 Å². The number of H-pyrrole nitrogens is 1. The lowest BCUT2D eigenvalue weighted by atomic mass is 9.82. The molecule has 0 radical (unpaired) electrons. The first-order chi connectivity index (χ1) is 19.8. The minimum atomic E-state index is -0.814. The average molecular weight is 592 g/mol. The summed E-state index contributed by atoms with van der Waals surface area (Å²) >= 11 is 2.16. The van der Waals surface area contributed by atoms with Gasteiger partial charge in [0.1, 0.15) is 22.6 Å². The Balaban J connectivity index is 1.33. The van der Waals surface area contributed by atoms with E-state index >= 15 is 0 Å². The molecule has 41 heavy (non-hydrogen) atoms. The van der Waals surface area contributed by atoms with Crippen molar-refractivity contribution in [3.8, 4) is 11.5 Å². The third-order valence-electron chi connectivity index (χ3n) is 6.90. The fourth-order valence-corrected chi connectivity index (χ4v) is 7.59. The number of anilines is 2. The van der Waals surface area contributed by atoms with Crippen LogP contribution in [0.15, 0.2) is 82.6 Å². The van der Waals surface area contributed by atoms with Crippen molar-refractivity contribution in [3.63, 3.8) is 0 Å². The number of methoxy groups -OCH3 is 1. The molecule has 0 spiro atoms. The van der Waals surface area contributed by atoms with Crippen LogP contribution < -0.4 is 24.6 Å². The van der Waals surface area contributed by atoms with Crippen LogP contribution in [-0.4, -0.2) is 41.7 Å². The van der Waals surface area contributed by atoms with Crippen molar-refractivity contribution in [3.05, 3.63) is 98.7 Å². The lowest BCUT2D eigenvalue weighted by Gasteiger charge is -2.30. The van der Waals surface area contributed by atoms with E-state index in [4.69, 9.17) is 9.47 Å². The van der Waals surface area contributed by atoms with E-state index < -0.39 is 34.7 Å². The van der Waals surface area contributed by atoms with Crippen molar-refractivity contribution in [1.29, 1.82) is 0 Å². The van der Waals surface area contributed by atoms with E-state index in [0.717, 1.165) is 11.3 Å². The Hall–Kier alpha value is -4.42. The second-order valence-electron chi connectivity index (χ2n) is 9.34. The first kappa shape index (κ1) is 26.8. The van der Waals surface area contributed by atoms with E-state index in [2.05, 4.69) is 10.3 Å². The quantitative estimate of drug-likeness (QED) is 0.306. The molecule has 1 fully saturated rings. The number of ether oxygens (including phenoxy) is 2. The Morgan fingerprint density at radius 1 is 1.00 bits per heavy atom. The van der Waals surface area contributed by atoms with Crippen LogP contribution in [-0.2, 0) is 14.4 Å². The predicted octanol–water partition coefficient (Wildman–Crippen LogP) is 4.40. The second-order valence-corrected chi connectivity index (χ2v) is 11.5. The third-order valence-corrected chi connectivity index (χ3v) is 9.30. The Morgan fingerprint density at radius 3 is 2.46 bits per heavy atom. The fourth-order valence-electron chi connectivity index (χ4n) is 5.08. The number of thiazole rings is 1. The predicted molar refractivity (Wildman–Crippen MR) is 152 cm³/mol. The number of hydrogen-bond acceptors (Lipinski definition) is 8. The van der Waals surface area contributed by atoms with Gasteiger partial charge in [-0.3, -0.25) is 19.2 Å². The number of nitrogens with zero attached hydrogens (tertiary/aromatic N) is 1. The van der Waals surface area contributed by atoms with Gasteiger partial charge in [0.25, 0.3) is 5.91 Å². The molecular weight excluding hydrogens is 569 g/mol. The molecule has 2 unspecified atom stereocenters. The summed E-state index contributed by atoms with van der Waals surface area (Å²) in [4.78, 5) is 56.9. The summed E-state index contributed by atoms with van der Waals surface area (Å²) in [5, 5.41) is 2.41. The van der Waals surface area contributed by atoms with E-state index in [-0.39, 0.29) is 17.4 Å². The first-order valence-corrected chi connectivity index (χ1v) is 14.2. The highest BCUT2D eigenvalue weighted by Crippen LogP contribution is 2.54. The van der Waals surface area contributed by atoms with Crippen molar-refractivity contribution >= 4 is 52.2 Å². The Morgan fingerprint density at radius 2 is 1.73 bits per heavy atom. The van der Waals surface area contributed by atoms with Crippen LogP contribution in [0.2, 0.25) is 0 Å². The fraction of sp³-hybridized carbons (Fsp3) is 0.172. The van der Waals surface area contributed by atoms with Crippen LogP contribution in [0.4, 0.5) is 15.8 Å². The number of fused-ring (bicyclic) bond motifs is 2. The minimum Gasteiger partial charge on any atom is -0.497 e. The Bertz CT molecular complexity index is 1700. The van der Waals surface area contributed by atoms with E-state index in [1.54, 1.807) is 48.5 Å². The van der Waals surface area contributed by atoms with Crippen LogP contribution >= 0.6 is 23.1 Å². The van der Waals surface area contributed by atoms with Gasteiger partial charge in [-0.15, -0.1) is 0 Å². The molecule has 3 amide bonds. The third kappa shape index (κ3) is 5.00. The zero-order chi connectivity index (χ0) is 28.7. The van der Waals surface area contributed by atoms with Gasteiger partial charge in [-0.2, -0.15) is 0 Å². The molecule has 1 aromatic heterocycles. The summed E-state index contributed by atoms with van der Waals surface area (Å²) in [6.45, 7) is -0.356. The zero-order valence-electron chi connectivity index (χ0n) is 21.5. The molecule has 3 heterocycles. The number of thioether (sulfide) groups is 1. The average Bonchev–Trinajstić information content (AvgIpc) is 3.47. The molecule has 208 valence electrons. The maximum Gasteiger partial charge on any atom is 0.305 e. The molecule has 9 nitrogen and oxygen atoms in total. The van der Waals surface area contributed by atoms with E-state index in [1.165, 1.54) is 48.0 Å². The number of rotatable bonds is 7. The van der Waals surface area contributed by atoms with Gasteiger partial charge in [-0.25, -0.2) is 9.29 Å². The van der Waals surface area contributed by atoms with E-state index in [9.17, 15) is 23.6 Å². The highest BCUT2D eigenvalue weighted by Gasteiger charge is 2.56. The van der Waals surface area contributed by atoms with E-state index in [0.29, 0.717) is 38.3 Å². The monoisotopic (exact) mass is 591 g/mol. The van der Waals surface area contributed by atoms with Crippen LogP contribution in [0.25, 0.3) is 0 Å². The Kier molecular flexibility index (Phi) is 7.10. The number of carbonyl (C=O) groups is 3. The smallest absolute Gasteiger partial charge is 0.305 e. The Labute approximate surface area is 241 Å². The number of nitrogens with one attached hydrogen (secondary N) is 2. The van der Waals surface area contributed by atoms with Gasteiger partial charge in [0.2, 0.25) is 11.8 Å². The maximum atomic E-state index is 14.0. The van der Waals surface area contributed by atoms with Gasteiger partial charge in [0.05, 0.1) is 23.7 Å². The van der Waals surface area contributed by atoms with Crippen LogP contribution in [0.3, 0.4) is 0 Å². The number of benzene rings is 3. The lowest BCUT2D eigenvalue weighted by Crippen LogP contribution is -2.32. The topological polar surface area (TPSA) is 118 Å². The number of carbonyl (C=O) groups excluding carboxylic acids is 3. The molecule has 2 N–H and O–H groups in total. The van der Waals surface area contributed by atoms with Gasteiger partial charge in [-0.1, -0.05) is 41.3 Å². The van der Waals surface area contributed by atoms with Crippen molar-refractivity contribution in [2.45, 2.75) is 16.2 Å². The summed E-state index contributed by atoms with van der Waals surface area (Å²) in [6, 6.07) is 19.0. The second kappa shape index (κ2) is 10.9. The molecule has 1 saturated heterocycles. The van der Waals surface area contributed by atoms with Crippen LogP contribution in [0.5, 0.6) is 11.5 Å².